The molecule has 0 aliphatic carbocycles. The topological polar surface area (TPSA) is 116 Å². The number of methoxy groups -OCH3 is 2. The van der Waals surface area contributed by atoms with Gasteiger partial charge in [-0.1, -0.05) is 0 Å². The molecule has 0 saturated carbocycles. The van der Waals surface area contributed by atoms with Crippen LogP contribution in [0.15, 0.2) is 41.8 Å². The van der Waals surface area contributed by atoms with Crippen LogP contribution in [0.4, 0.5) is 16.5 Å². The average Bonchev–Trinajstić information content (AvgIpc) is 3.20. The number of non-ortho nitro benzene ring substituents is 1. The van der Waals surface area contributed by atoms with Gasteiger partial charge >= 0.3 is 0 Å². The molecule has 0 spiro atoms. The quantitative estimate of drug-likeness (QED) is 0.443. The minimum absolute atomic E-state index is 0.150. The number of aromatic nitrogens is 1. The van der Waals surface area contributed by atoms with E-state index in [1.54, 1.807) is 44.8 Å². The first-order valence-electron chi connectivity index (χ1n) is 8.42. The number of nitrogens with one attached hydrogen (secondary N) is 2. The molecule has 0 fully saturated rings. The Bertz CT molecular complexity index is 1070. The van der Waals surface area contributed by atoms with Gasteiger partial charge in [0.05, 0.1) is 30.4 Å². The van der Waals surface area contributed by atoms with Crippen LogP contribution in [-0.4, -0.2) is 37.1 Å². The van der Waals surface area contributed by atoms with Crippen LogP contribution in [0.5, 0.6) is 11.5 Å². The number of ether oxygens (including phenoxy) is 2. The van der Waals surface area contributed by atoms with Crippen molar-refractivity contribution in [2.24, 2.45) is 0 Å². The van der Waals surface area contributed by atoms with E-state index in [1.807, 2.05) is 0 Å². The average molecular weight is 414 g/mol. The molecule has 0 aliphatic heterocycles. The van der Waals surface area contributed by atoms with E-state index >= 15 is 0 Å². The van der Waals surface area contributed by atoms with Crippen LogP contribution in [-0.2, 0) is 0 Å². The van der Waals surface area contributed by atoms with E-state index in [9.17, 15) is 14.9 Å². The molecule has 9 nitrogen and oxygen atoms in total. The summed E-state index contributed by atoms with van der Waals surface area (Å²) in [6, 6.07) is 9.38. The van der Waals surface area contributed by atoms with E-state index in [-0.39, 0.29) is 11.3 Å². The van der Waals surface area contributed by atoms with Gasteiger partial charge in [-0.05, 0) is 24.3 Å². The highest BCUT2D eigenvalue weighted by Crippen LogP contribution is 2.35. The first-order chi connectivity index (χ1) is 14.0. The van der Waals surface area contributed by atoms with Gasteiger partial charge in [0.15, 0.2) is 5.13 Å². The number of carbonyl (C=O) groups is 1. The lowest BCUT2D eigenvalue weighted by Gasteiger charge is -2.09. The SMILES string of the molecule is CNc1ccc([N+](=O)[O-])cc1C(=O)Nc1nc(-c2cc(OC)ccc2OC)cs1. The zero-order valence-electron chi connectivity index (χ0n) is 15.9. The summed E-state index contributed by atoms with van der Waals surface area (Å²) in [6.45, 7) is 0. The number of anilines is 2. The van der Waals surface area contributed by atoms with Gasteiger partial charge in [0.2, 0.25) is 0 Å². The zero-order chi connectivity index (χ0) is 21.0. The molecule has 29 heavy (non-hydrogen) atoms. The molecule has 2 aromatic carbocycles. The first-order valence-corrected chi connectivity index (χ1v) is 9.30. The summed E-state index contributed by atoms with van der Waals surface area (Å²) in [6.07, 6.45) is 0. The molecule has 2 N–H and O–H groups in total. The Kier molecular flexibility index (Phi) is 5.93. The molecule has 0 radical (unpaired) electrons. The van der Waals surface area contributed by atoms with Crippen LogP contribution in [0.3, 0.4) is 0 Å². The second-order valence-corrected chi connectivity index (χ2v) is 6.65. The lowest BCUT2D eigenvalue weighted by atomic mass is 10.1. The van der Waals surface area contributed by atoms with Crippen molar-refractivity contribution >= 4 is 33.8 Å². The highest BCUT2D eigenvalue weighted by molar-refractivity contribution is 7.14. The molecule has 150 valence electrons. The number of benzene rings is 2. The molecule has 0 saturated heterocycles. The molecule has 3 aromatic rings. The van der Waals surface area contributed by atoms with Crippen molar-refractivity contribution in [3.8, 4) is 22.8 Å². The van der Waals surface area contributed by atoms with E-state index in [1.165, 1.54) is 29.5 Å². The van der Waals surface area contributed by atoms with Crippen molar-refractivity contribution in [2.45, 2.75) is 0 Å². The van der Waals surface area contributed by atoms with E-state index in [0.29, 0.717) is 28.0 Å². The van der Waals surface area contributed by atoms with Crippen molar-refractivity contribution in [2.75, 3.05) is 31.9 Å². The fourth-order valence-corrected chi connectivity index (χ4v) is 3.39. The molecular weight excluding hydrogens is 396 g/mol. The summed E-state index contributed by atoms with van der Waals surface area (Å²) in [7, 11) is 4.76. The van der Waals surface area contributed by atoms with Gasteiger partial charge in [-0.15, -0.1) is 11.3 Å². The lowest BCUT2D eigenvalue weighted by molar-refractivity contribution is -0.384. The van der Waals surface area contributed by atoms with E-state index < -0.39 is 10.8 Å². The maximum absolute atomic E-state index is 12.7. The third kappa shape index (κ3) is 4.27. The third-order valence-electron chi connectivity index (χ3n) is 4.14. The van der Waals surface area contributed by atoms with Crippen molar-refractivity contribution < 1.29 is 19.2 Å². The molecule has 1 aromatic heterocycles. The monoisotopic (exact) mass is 414 g/mol. The first kappa shape index (κ1) is 20.1. The van der Waals surface area contributed by atoms with Crippen LogP contribution >= 0.6 is 11.3 Å². The second kappa shape index (κ2) is 8.57. The fraction of sp³-hybridized carbons (Fsp3) is 0.158. The highest BCUT2D eigenvalue weighted by Gasteiger charge is 2.18. The fourth-order valence-electron chi connectivity index (χ4n) is 2.69. The minimum atomic E-state index is -0.549. The van der Waals surface area contributed by atoms with Gasteiger partial charge in [-0.25, -0.2) is 4.98 Å². The molecule has 1 amide bonds. The Hall–Kier alpha value is -3.66. The Morgan fingerprint density at radius 1 is 1.17 bits per heavy atom. The molecule has 10 heteroatoms. The summed E-state index contributed by atoms with van der Waals surface area (Å²) in [5.41, 5.74) is 1.77. The molecule has 3 rings (SSSR count). The summed E-state index contributed by atoms with van der Waals surface area (Å²) < 4.78 is 10.6. The van der Waals surface area contributed by atoms with Crippen molar-refractivity contribution in [3.05, 3.63) is 57.5 Å². The normalized spacial score (nSPS) is 10.3. The number of amides is 1. The Morgan fingerprint density at radius 2 is 1.97 bits per heavy atom. The number of nitro benzene ring substituents is 1. The standard InChI is InChI=1S/C19H18N4O5S/c1-20-15-6-4-11(23(25)26)8-14(15)18(24)22-19-21-16(10-29-19)13-9-12(27-2)5-7-17(13)28-3/h4-10,20H,1-3H3,(H,21,22,24). The molecular formula is C19H18N4O5S. The van der Waals surface area contributed by atoms with Crippen molar-refractivity contribution in [1.82, 2.24) is 4.98 Å². The van der Waals surface area contributed by atoms with Crippen LogP contribution in [0.25, 0.3) is 11.3 Å². The number of thiazole rings is 1. The largest absolute Gasteiger partial charge is 0.497 e. The summed E-state index contributed by atoms with van der Waals surface area (Å²) in [4.78, 5) is 27.6. The number of rotatable bonds is 7. The van der Waals surface area contributed by atoms with Crippen molar-refractivity contribution in [3.63, 3.8) is 0 Å². The molecule has 0 aliphatic rings. The highest BCUT2D eigenvalue weighted by atomic mass is 32.1. The van der Waals surface area contributed by atoms with Gasteiger partial charge in [-0.2, -0.15) is 0 Å². The summed E-state index contributed by atoms with van der Waals surface area (Å²) in [5, 5.41) is 18.7. The maximum Gasteiger partial charge on any atom is 0.270 e. The van der Waals surface area contributed by atoms with Gasteiger partial charge in [0.25, 0.3) is 11.6 Å². The molecule has 0 atom stereocenters. The number of hydrogen-bond acceptors (Lipinski definition) is 8. The number of nitro groups is 1. The predicted octanol–water partition coefficient (Wildman–Crippen LogP) is 4.03. The number of nitrogens with zero attached hydrogens (tertiary/aromatic N) is 2. The van der Waals surface area contributed by atoms with Gasteiger partial charge in [-0.3, -0.25) is 20.2 Å². The van der Waals surface area contributed by atoms with Crippen molar-refractivity contribution in [1.29, 1.82) is 0 Å². The van der Waals surface area contributed by atoms with Gasteiger partial charge in [0.1, 0.15) is 11.5 Å². The minimum Gasteiger partial charge on any atom is -0.497 e. The number of carbonyl (C=O) groups excluding carboxylic acids is 1. The number of hydrogen-bond donors (Lipinski definition) is 2. The van der Waals surface area contributed by atoms with E-state index in [2.05, 4.69) is 15.6 Å². The second-order valence-electron chi connectivity index (χ2n) is 5.80. The predicted molar refractivity (Wildman–Crippen MR) is 111 cm³/mol. The van der Waals surface area contributed by atoms with E-state index in [0.717, 1.165) is 5.56 Å². The van der Waals surface area contributed by atoms with Crippen LogP contribution in [0, 0.1) is 10.1 Å². The van der Waals surface area contributed by atoms with Gasteiger partial charge in [0, 0.05) is 35.8 Å². The summed E-state index contributed by atoms with van der Waals surface area (Å²) in [5.74, 6) is 0.760. The maximum atomic E-state index is 12.7. The Balaban J connectivity index is 1.89. The molecule has 0 bridgehead atoms. The van der Waals surface area contributed by atoms with Crippen LogP contribution in [0.1, 0.15) is 10.4 Å². The zero-order valence-corrected chi connectivity index (χ0v) is 16.7. The third-order valence-corrected chi connectivity index (χ3v) is 4.89. The molecule has 1 heterocycles. The van der Waals surface area contributed by atoms with Crippen LogP contribution < -0.4 is 20.1 Å². The van der Waals surface area contributed by atoms with Gasteiger partial charge < -0.3 is 14.8 Å². The van der Waals surface area contributed by atoms with E-state index in [4.69, 9.17) is 9.47 Å². The lowest BCUT2D eigenvalue weighted by Crippen LogP contribution is -2.14. The van der Waals surface area contributed by atoms with Crippen LogP contribution in [0.2, 0.25) is 0 Å². The Labute approximate surface area is 170 Å². The smallest absolute Gasteiger partial charge is 0.270 e. The molecule has 0 unspecified atom stereocenters. The summed E-state index contributed by atoms with van der Waals surface area (Å²) >= 11 is 1.23. The Morgan fingerprint density at radius 3 is 2.62 bits per heavy atom.